The van der Waals surface area contributed by atoms with Crippen LogP contribution in [0.3, 0.4) is 0 Å². The Kier molecular flexibility index (Phi) is 4.26. The van der Waals surface area contributed by atoms with Gasteiger partial charge in [0.25, 0.3) is 0 Å². The van der Waals surface area contributed by atoms with Crippen LogP contribution < -0.4 is 5.73 Å². The van der Waals surface area contributed by atoms with E-state index in [1.54, 1.807) is 6.07 Å². The number of hydrogen-bond acceptors (Lipinski definition) is 10. The molecule has 3 aliphatic carbocycles. The predicted molar refractivity (Wildman–Crippen MR) is 109 cm³/mol. The van der Waals surface area contributed by atoms with E-state index in [1.165, 1.54) is 38.1 Å². The molecule has 11 heteroatoms. The van der Waals surface area contributed by atoms with Crippen molar-refractivity contribution < 1.29 is 39.3 Å². The Balaban J connectivity index is 1.87. The smallest absolute Gasteiger partial charge is 0.235 e. The van der Waals surface area contributed by atoms with E-state index in [1.807, 2.05) is 0 Å². The highest BCUT2D eigenvalue weighted by Gasteiger charge is 2.71. The molecule has 5 rings (SSSR count). The van der Waals surface area contributed by atoms with Crippen LogP contribution in [0.4, 0.5) is 0 Å². The minimum absolute atomic E-state index is 0.0312. The molecule has 174 valence electrons. The molecule has 1 aromatic carbocycles. The standard InChI is InChI=1S/C22H23N3O8/c1-21(31)7-5-4-6-8(26)9(7)14-10-12(21)17(28)13-15(25(2)3)16(27)11(20(23)30)18(29)22(13,32)19(10)33-24-14/h4-6,11-13,15,17,26,28,31-32H,1-3H3,(H2,23,30)/t11?,12-,13-,15+,17+,21-,22-/m1/s1. The third-order valence-corrected chi connectivity index (χ3v) is 7.40. The molecule has 0 aliphatic heterocycles. The average molecular weight is 457 g/mol. The molecule has 11 nitrogen and oxygen atoms in total. The number of amides is 1. The van der Waals surface area contributed by atoms with Crippen LogP contribution in [0.1, 0.15) is 29.7 Å². The van der Waals surface area contributed by atoms with E-state index in [0.29, 0.717) is 0 Å². The lowest BCUT2D eigenvalue weighted by Crippen LogP contribution is -2.71. The van der Waals surface area contributed by atoms with Gasteiger partial charge in [0.05, 0.1) is 29.2 Å². The third kappa shape index (κ3) is 2.37. The molecule has 2 aromatic rings. The van der Waals surface area contributed by atoms with Gasteiger partial charge in [0.15, 0.2) is 28.8 Å². The van der Waals surface area contributed by atoms with Crippen molar-refractivity contribution in [3.05, 3.63) is 35.1 Å². The SMILES string of the molecule is CN(C)[C@@H]1C(=O)C(C(N)=O)C(=O)[C@@]2(O)c3onc4c3[C@H]([C@H](O)[C@@H]12)[C@](C)(O)c1cccc(O)c1-4. The van der Waals surface area contributed by atoms with Crippen molar-refractivity contribution in [3.8, 4) is 17.0 Å². The predicted octanol–water partition coefficient (Wildman–Crippen LogP) is -1.29. The number of primary amides is 1. The van der Waals surface area contributed by atoms with Crippen molar-refractivity contribution in [1.82, 2.24) is 10.1 Å². The summed E-state index contributed by atoms with van der Waals surface area (Å²) in [6, 6.07) is 3.16. The maximum atomic E-state index is 13.4. The molecule has 1 fully saturated rings. The van der Waals surface area contributed by atoms with E-state index >= 15 is 0 Å². The second kappa shape index (κ2) is 6.48. The quantitative estimate of drug-likeness (QED) is 0.340. The molecular formula is C22H23N3O8. The van der Waals surface area contributed by atoms with Gasteiger partial charge in [-0.25, -0.2) is 0 Å². The van der Waals surface area contributed by atoms with Gasteiger partial charge in [0.1, 0.15) is 11.4 Å². The Hall–Kier alpha value is -3.12. The zero-order chi connectivity index (χ0) is 24.2. The molecule has 6 N–H and O–H groups in total. The average Bonchev–Trinajstić information content (AvgIpc) is 3.14. The fourth-order valence-electron chi connectivity index (χ4n) is 6.04. The monoisotopic (exact) mass is 457 g/mol. The van der Waals surface area contributed by atoms with Crippen LogP contribution in [0, 0.1) is 11.8 Å². The lowest BCUT2D eigenvalue weighted by Gasteiger charge is -2.54. The van der Waals surface area contributed by atoms with Crippen LogP contribution in [-0.2, 0) is 25.6 Å². The number of aliphatic hydroxyl groups is 3. The zero-order valence-electron chi connectivity index (χ0n) is 18.0. The van der Waals surface area contributed by atoms with E-state index in [-0.39, 0.29) is 33.9 Å². The number of phenolic OH excluding ortho intramolecular Hbond substituents is 1. The molecule has 1 saturated carbocycles. The van der Waals surface area contributed by atoms with Gasteiger partial charge in [-0.1, -0.05) is 17.3 Å². The lowest BCUT2D eigenvalue weighted by molar-refractivity contribution is -0.194. The van der Waals surface area contributed by atoms with Gasteiger partial charge in [-0.3, -0.25) is 19.3 Å². The number of aromatic hydroxyl groups is 1. The summed E-state index contributed by atoms with van der Waals surface area (Å²) in [5, 5.41) is 49.4. The molecule has 3 aliphatic rings. The molecular weight excluding hydrogens is 434 g/mol. The number of carbonyl (C=O) groups excluding carboxylic acids is 3. The molecule has 0 saturated heterocycles. The Morgan fingerprint density at radius 2 is 1.91 bits per heavy atom. The second-order valence-electron chi connectivity index (χ2n) is 9.39. The normalized spacial score (nSPS) is 36.9. The molecule has 7 atom stereocenters. The lowest BCUT2D eigenvalue weighted by atomic mass is 9.53. The fourth-order valence-corrected chi connectivity index (χ4v) is 6.04. The van der Waals surface area contributed by atoms with Crippen LogP contribution in [0.2, 0.25) is 0 Å². The molecule has 33 heavy (non-hydrogen) atoms. The number of aromatic nitrogens is 1. The van der Waals surface area contributed by atoms with Gasteiger partial charge >= 0.3 is 0 Å². The summed E-state index contributed by atoms with van der Waals surface area (Å²) in [4.78, 5) is 40.0. The summed E-state index contributed by atoms with van der Waals surface area (Å²) in [5.41, 5.74) is 1.39. The fraction of sp³-hybridized carbons (Fsp3) is 0.455. The first-order chi connectivity index (χ1) is 15.4. The minimum atomic E-state index is -2.63. The van der Waals surface area contributed by atoms with E-state index in [2.05, 4.69) is 5.16 Å². The molecule has 1 heterocycles. The van der Waals surface area contributed by atoms with Crippen molar-refractivity contribution in [2.45, 2.75) is 36.2 Å². The maximum absolute atomic E-state index is 13.4. The molecule has 1 amide bonds. The van der Waals surface area contributed by atoms with Crippen molar-refractivity contribution in [1.29, 1.82) is 0 Å². The Morgan fingerprint density at radius 3 is 2.52 bits per heavy atom. The summed E-state index contributed by atoms with van der Waals surface area (Å²) in [5.74, 6) is -8.55. The van der Waals surface area contributed by atoms with Crippen molar-refractivity contribution >= 4 is 17.5 Å². The van der Waals surface area contributed by atoms with Gasteiger partial charge in [-0.2, -0.15) is 0 Å². The molecule has 0 bridgehead atoms. The van der Waals surface area contributed by atoms with Gasteiger partial charge < -0.3 is 30.7 Å². The van der Waals surface area contributed by atoms with E-state index in [0.717, 1.165) is 0 Å². The highest BCUT2D eigenvalue weighted by Crippen LogP contribution is 2.62. The van der Waals surface area contributed by atoms with Gasteiger partial charge in [0.2, 0.25) is 5.91 Å². The van der Waals surface area contributed by atoms with Crippen molar-refractivity contribution in [2.24, 2.45) is 17.6 Å². The number of ketones is 2. The van der Waals surface area contributed by atoms with Crippen molar-refractivity contribution in [3.63, 3.8) is 0 Å². The van der Waals surface area contributed by atoms with E-state index in [9.17, 15) is 34.8 Å². The number of Topliss-reactive ketones (excluding diaryl/α,β-unsaturated/α-hetero) is 2. The summed E-state index contributed by atoms with van der Waals surface area (Å²) in [7, 11) is 2.99. The Morgan fingerprint density at radius 1 is 1.24 bits per heavy atom. The van der Waals surface area contributed by atoms with Crippen LogP contribution in [0.5, 0.6) is 5.75 Å². The van der Waals surface area contributed by atoms with Crippen LogP contribution in [0.25, 0.3) is 11.3 Å². The van der Waals surface area contributed by atoms with E-state index in [4.69, 9.17) is 10.3 Å². The van der Waals surface area contributed by atoms with E-state index < -0.39 is 58.6 Å². The van der Waals surface area contributed by atoms with Gasteiger partial charge in [-0.15, -0.1) is 0 Å². The number of nitrogens with zero attached hydrogens (tertiary/aromatic N) is 2. The van der Waals surface area contributed by atoms with Crippen LogP contribution >= 0.6 is 0 Å². The Labute approximate surface area is 187 Å². The highest BCUT2D eigenvalue weighted by molar-refractivity contribution is 6.24. The first-order valence-electron chi connectivity index (χ1n) is 10.4. The number of benzene rings is 1. The summed E-state index contributed by atoms with van der Waals surface area (Å²) in [6.45, 7) is 1.42. The molecule has 1 aromatic heterocycles. The summed E-state index contributed by atoms with van der Waals surface area (Å²) < 4.78 is 5.44. The number of fused-ring (bicyclic) bond motifs is 4. The largest absolute Gasteiger partial charge is 0.507 e. The topological polar surface area (TPSA) is 187 Å². The number of aliphatic hydroxyl groups excluding tert-OH is 1. The second-order valence-corrected chi connectivity index (χ2v) is 9.39. The Bertz CT molecular complexity index is 1230. The number of carbonyl (C=O) groups is 3. The number of rotatable bonds is 2. The van der Waals surface area contributed by atoms with Gasteiger partial charge in [-0.05, 0) is 32.6 Å². The molecule has 0 spiro atoms. The number of hydrogen-bond donors (Lipinski definition) is 5. The van der Waals surface area contributed by atoms with Gasteiger partial charge in [0, 0.05) is 11.5 Å². The maximum Gasteiger partial charge on any atom is 0.235 e. The summed E-state index contributed by atoms with van der Waals surface area (Å²) >= 11 is 0. The third-order valence-electron chi connectivity index (χ3n) is 7.40. The summed E-state index contributed by atoms with van der Waals surface area (Å²) in [6.07, 6.45) is -1.64. The minimum Gasteiger partial charge on any atom is -0.507 e. The first kappa shape index (κ1) is 21.7. The number of nitrogens with two attached hydrogens (primary N) is 1. The molecule has 0 radical (unpaired) electrons. The number of likely N-dealkylation sites (N-methyl/N-ethyl adjacent to an activating group) is 1. The molecule has 1 unspecified atom stereocenters. The van der Waals surface area contributed by atoms with Crippen LogP contribution in [0.15, 0.2) is 22.7 Å². The van der Waals surface area contributed by atoms with Crippen LogP contribution in [-0.4, -0.2) is 74.2 Å². The van der Waals surface area contributed by atoms with Crippen molar-refractivity contribution in [2.75, 3.05) is 14.1 Å². The highest BCUT2D eigenvalue weighted by atomic mass is 16.5. The zero-order valence-corrected chi connectivity index (χ0v) is 18.0. The number of phenols is 1. The first-order valence-corrected chi connectivity index (χ1v) is 10.4.